The number of halogens is 1. The summed E-state index contributed by atoms with van der Waals surface area (Å²) in [7, 11) is -8.89. The Labute approximate surface area is 210 Å². The van der Waals surface area contributed by atoms with Gasteiger partial charge in [0.25, 0.3) is 0 Å². The number of aromatic nitrogens is 4. The first kappa shape index (κ1) is 27.1. The lowest BCUT2D eigenvalue weighted by Crippen LogP contribution is -2.32. The molecule has 2 aromatic heterocycles. The predicted octanol–water partition coefficient (Wildman–Crippen LogP) is 2.07. The zero-order valence-electron chi connectivity index (χ0n) is 19.0. The highest BCUT2D eigenvalue weighted by molar-refractivity contribution is 7.72. The Bertz CT molecular complexity index is 1320. The minimum absolute atomic E-state index is 0.0877. The van der Waals surface area contributed by atoms with Crippen molar-refractivity contribution in [2.75, 3.05) is 17.4 Å². The molecule has 3 heterocycles. The number of ether oxygens (including phenoxy) is 1. The van der Waals surface area contributed by atoms with Crippen LogP contribution in [-0.2, 0) is 13.9 Å². The van der Waals surface area contributed by atoms with Crippen LogP contribution in [0.4, 0.5) is 5.82 Å². The predicted molar refractivity (Wildman–Crippen MR) is 131 cm³/mol. The molecule has 1 aromatic carbocycles. The maximum atomic E-state index is 12.1. The van der Waals surface area contributed by atoms with E-state index >= 15 is 0 Å². The first-order valence-electron chi connectivity index (χ1n) is 10.9. The second-order valence-electron chi connectivity index (χ2n) is 8.65. The quantitative estimate of drug-likeness (QED) is 0.164. The first-order chi connectivity index (χ1) is 16.8. The number of nitrogens with zero attached hydrogens (tertiary/aromatic N) is 4. The molecule has 16 heteroatoms. The Morgan fingerprint density at radius 2 is 1.83 bits per heavy atom. The number of rotatable bonds is 9. The maximum Gasteiger partial charge on any atom is 0.335 e. The van der Waals surface area contributed by atoms with Crippen molar-refractivity contribution in [3.8, 4) is 0 Å². The van der Waals surface area contributed by atoms with Crippen LogP contribution >= 0.6 is 26.6 Å². The van der Waals surface area contributed by atoms with Crippen molar-refractivity contribution in [1.82, 2.24) is 19.5 Å². The topological polar surface area (TPSA) is 200 Å². The summed E-state index contributed by atoms with van der Waals surface area (Å²) in [6.07, 6.45) is -4.48. The molecular formula is C20H26ClN5O8P2. The lowest BCUT2D eigenvalue weighted by Gasteiger charge is -2.18. The van der Waals surface area contributed by atoms with Gasteiger partial charge in [-0.25, -0.2) is 4.98 Å². The van der Waals surface area contributed by atoms with Gasteiger partial charge >= 0.3 is 7.60 Å². The van der Waals surface area contributed by atoms with E-state index in [9.17, 15) is 24.2 Å². The fourth-order valence-electron chi connectivity index (χ4n) is 4.09. The van der Waals surface area contributed by atoms with Crippen LogP contribution in [0.2, 0.25) is 5.28 Å². The molecule has 6 N–H and O–H groups in total. The minimum Gasteiger partial charge on any atom is -0.388 e. The summed E-state index contributed by atoms with van der Waals surface area (Å²) in [5, 5.41) is 24.3. The lowest BCUT2D eigenvalue weighted by atomic mass is 10.1. The van der Waals surface area contributed by atoms with Crippen LogP contribution in [0.1, 0.15) is 31.2 Å². The second kappa shape index (κ2) is 10.4. The molecule has 196 valence electrons. The van der Waals surface area contributed by atoms with E-state index in [0.29, 0.717) is 11.3 Å². The number of fused-ring (bicyclic) bond motifs is 1. The first-order valence-corrected chi connectivity index (χ1v) is 15.1. The number of nitrogens with one attached hydrogen (secondary N) is 1. The monoisotopic (exact) mass is 561 g/mol. The van der Waals surface area contributed by atoms with Crippen LogP contribution < -0.4 is 5.32 Å². The Balaban J connectivity index is 1.55. The van der Waals surface area contributed by atoms with Crippen molar-refractivity contribution < 1.29 is 38.8 Å². The standard InChI is InChI=1S/C20H26ClN5O8P2/c1-11(12-5-3-2-4-6-12)23-17-14-18(25-20(21)24-17)26(9-22-14)19-16(28)15(27)13(34-19)7-8-35(29,30)10-36(31,32)33/h2-6,9,11,13,15-16,19,27-28H,7-8,10H2,1H3,(H,29,30)(H,23,24,25)(H2,31,32,33)/t11-,13+,15?,16-,19+/m0/s1. The van der Waals surface area contributed by atoms with E-state index in [4.69, 9.17) is 26.1 Å². The van der Waals surface area contributed by atoms with Gasteiger partial charge in [0, 0.05) is 6.16 Å². The van der Waals surface area contributed by atoms with Crippen molar-refractivity contribution in [1.29, 1.82) is 0 Å². The molecule has 0 bridgehead atoms. The molecule has 0 radical (unpaired) electrons. The van der Waals surface area contributed by atoms with E-state index in [1.165, 1.54) is 10.9 Å². The normalized spacial score (nSPS) is 25.1. The molecule has 0 saturated carbocycles. The van der Waals surface area contributed by atoms with Crippen LogP contribution in [0, 0.1) is 0 Å². The molecular weight excluding hydrogens is 536 g/mol. The van der Waals surface area contributed by atoms with Crippen molar-refractivity contribution in [2.24, 2.45) is 0 Å². The smallest absolute Gasteiger partial charge is 0.335 e. The average Bonchev–Trinajstić information content (AvgIpc) is 3.32. The third-order valence-corrected chi connectivity index (χ3v) is 10.2. The van der Waals surface area contributed by atoms with Crippen molar-refractivity contribution in [3.63, 3.8) is 0 Å². The Kier molecular flexibility index (Phi) is 7.87. The van der Waals surface area contributed by atoms with Crippen LogP contribution in [0.25, 0.3) is 11.2 Å². The number of anilines is 1. The Morgan fingerprint density at radius 1 is 1.14 bits per heavy atom. The molecule has 0 spiro atoms. The van der Waals surface area contributed by atoms with Crippen LogP contribution in [0.3, 0.4) is 0 Å². The number of imidazole rings is 1. The Hall–Kier alpha value is -1.92. The van der Waals surface area contributed by atoms with Gasteiger partial charge in [0.2, 0.25) is 12.7 Å². The van der Waals surface area contributed by atoms with Gasteiger partial charge in [-0.3, -0.25) is 13.7 Å². The van der Waals surface area contributed by atoms with Crippen molar-refractivity contribution >= 4 is 43.5 Å². The van der Waals surface area contributed by atoms with Gasteiger partial charge in [0.05, 0.1) is 18.5 Å². The zero-order chi connectivity index (χ0) is 26.3. The van der Waals surface area contributed by atoms with Gasteiger partial charge in [0.1, 0.15) is 18.1 Å². The minimum atomic E-state index is -4.71. The summed E-state index contributed by atoms with van der Waals surface area (Å²) in [5.41, 5.74) is 1.57. The molecule has 1 aliphatic rings. The van der Waals surface area contributed by atoms with Gasteiger partial charge in [0.15, 0.2) is 23.2 Å². The van der Waals surface area contributed by atoms with E-state index < -0.39 is 51.6 Å². The van der Waals surface area contributed by atoms with E-state index in [0.717, 1.165) is 5.56 Å². The second-order valence-corrected chi connectivity index (χ2v) is 13.6. The third-order valence-electron chi connectivity index (χ3n) is 5.83. The highest BCUT2D eigenvalue weighted by Crippen LogP contribution is 2.55. The molecule has 2 unspecified atom stereocenters. The molecule has 1 fully saturated rings. The summed E-state index contributed by atoms with van der Waals surface area (Å²) in [4.78, 5) is 40.6. The zero-order valence-corrected chi connectivity index (χ0v) is 21.5. The summed E-state index contributed by atoms with van der Waals surface area (Å²) in [6, 6.07) is 9.48. The molecule has 4 rings (SSSR count). The third kappa shape index (κ3) is 6.13. The van der Waals surface area contributed by atoms with E-state index in [2.05, 4.69) is 20.3 Å². The number of aliphatic hydroxyl groups excluding tert-OH is 2. The largest absolute Gasteiger partial charge is 0.388 e. The molecule has 36 heavy (non-hydrogen) atoms. The summed E-state index contributed by atoms with van der Waals surface area (Å²) in [6.45, 7) is 1.94. The van der Waals surface area contributed by atoms with Crippen molar-refractivity contribution in [2.45, 2.75) is 43.9 Å². The molecule has 3 aromatic rings. The summed E-state index contributed by atoms with van der Waals surface area (Å²) in [5.74, 6) is -0.823. The number of hydrogen-bond donors (Lipinski definition) is 6. The summed E-state index contributed by atoms with van der Waals surface area (Å²) >= 11 is 6.16. The van der Waals surface area contributed by atoms with E-state index in [-0.39, 0.29) is 23.4 Å². The molecule has 1 saturated heterocycles. The highest BCUT2D eigenvalue weighted by Gasteiger charge is 2.45. The van der Waals surface area contributed by atoms with Crippen LogP contribution in [0.5, 0.6) is 0 Å². The summed E-state index contributed by atoms with van der Waals surface area (Å²) < 4.78 is 30.4. The molecule has 6 atom stereocenters. The fourth-order valence-corrected chi connectivity index (χ4v) is 7.78. The van der Waals surface area contributed by atoms with Gasteiger partial charge in [-0.2, -0.15) is 9.97 Å². The highest BCUT2D eigenvalue weighted by atomic mass is 35.5. The van der Waals surface area contributed by atoms with Crippen LogP contribution in [-0.4, -0.2) is 74.8 Å². The van der Waals surface area contributed by atoms with E-state index in [1.807, 2.05) is 37.3 Å². The SMILES string of the molecule is C[C@H](Nc1nc(Cl)nc2c1ncn2[C@@H]1O[C@H](CCP(=O)(O)CP(=O)(O)O)C(O)[C@@H]1O)c1ccccc1. The molecule has 0 aliphatic carbocycles. The molecule has 13 nitrogen and oxygen atoms in total. The van der Waals surface area contributed by atoms with Gasteiger partial charge in [-0.15, -0.1) is 0 Å². The van der Waals surface area contributed by atoms with Gasteiger partial charge in [-0.1, -0.05) is 30.3 Å². The number of benzene rings is 1. The average molecular weight is 562 g/mol. The van der Waals surface area contributed by atoms with Gasteiger partial charge in [-0.05, 0) is 30.5 Å². The van der Waals surface area contributed by atoms with E-state index in [1.54, 1.807) is 0 Å². The lowest BCUT2D eigenvalue weighted by molar-refractivity contribution is -0.0354. The van der Waals surface area contributed by atoms with Crippen molar-refractivity contribution in [3.05, 3.63) is 47.5 Å². The van der Waals surface area contributed by atoms with Gasteiger partial charge < -0.3 is 34.9 Å². The maximum absolute atomic E-state index is 12.1. The number of aliphatic hydroxyl groups is 2. The fraction of sp³-hybridized carbons (Fsp3) is 0.450. The van der Waals surface area contributed by atoms with Crippen LogP contribution in [0.15, 0.2) is 36.7 Å². The Morgan fingerprint density at radius 3 is 2.50 bits per heavy atom. The number of hydrogen-bond acceptors (Lipinski definition) is 9. The molecule has 1 aliphatic heterocycles. The molecule has 0 amide bonds.